The minimum atomic E-state index is -3.32. The SMILES string of the molecule is [2H]c1c(C[C@]2([2H])N([2H])C(=O)OC2([2H])[2H])c([2H])c2c(C([2H])([2H])CN(C([2H])([2H])[2H])C([2H])([2H])[2H])c([2H])n([2H])c2c1[2H]. The van der Waals surface area contributed by atoms with E-state index in [4.69, 9.17) is 23.4 Å². The number of cyclic esters (lactones) is 1. The number of nitrogens with one attached hydrogen (secondary N) is 2. The molecule has 21 heavy (non-hydrogen) atoms. The van der Waals surface area contributed by atoms with E-state index in [9.17, 15) is 4.79 Å². The number of ether oxygens (including phenoxy) is 1. The first-order chi connectivity index (χ1) is 16.9. The van der Waals surface area contributed by atoms with Crippen molar-refractivity contribution in [3.8, 4) is 0 Å². The van der Waals surface area contributed by atoms with Gasteiger partial charge in [0.15, 0.2) is 2.82 Å². The number of aromatic nitrogens is 1. The quantitative estimate of drug-likeness (QED) is 0.887. The number of nitrogens with zero attached hydrogens (tertiary/aromatic N) is 1. The standard InChI is InChI=1S/C16H21N3O2/c1-19(2)6-5-12-9-17-15-4-3-11(8-14(12)15)7-13-10-21-16(20)18-13/h3-4,8-9,13,17H,5-7,10H2,1-2H3,(H,18,20)/t13-/m0/s1/i1D3,2D3,3D,4D,5D2,8D,9D,10D2,13D/hD2. The number of hydrogen-bond acceptors (Lipinski definition) is 3. The zero-order chi connectivity index (χ0) is 29.5. The van der Waals surface area contributed by atoms with Crippen molar-refractivity contribution in [1.29, 1.82) is 0 Å². The van der Waals surface area contributed by atoms with Crippen LogP contribution in [0.2, 0.25) is 2.82 Å². The molecule has 0 saturated carbocycles. The van der Waals surface area contributed by atoms with E-state index < -0.39 is 98.3 Å². The summed E-state index contributed by atoms with van der Waals surface area (Å²) in [6.45, 7) is -11.1. The average molecular weight is 304 g/mol. The molecule has 0 aliphatic carbocycles. The summed E-state index contributed by atoms with van der Waals surface area (Å²) >= 11 is 0. The lowest BCUT2D eigenvalue weighted by molar-refractivity contribution is 0.177. The van der Waals surface area contributed by atoms with Gasteiger partial charge in [-0.15, -0.1) is 0 Å². The van der Waals surface area contributed by atoms with E-state index in [1.165, 1.54) is 0 Å². The Kier molecular flexibility index (Phi) is 1.17. The fourth-order valence-corrected chi connectivity index (χ4v) is 1.75. The number of rotatable bonds is 5. The van der Waals surface area contributed by atoms with E-state index in [-0.39, 0.29) is 15.2 Å². The average Bonchev–Trinajstić information content (AvgIpc) is 3.09. The number of alkyl carbamates (subject to hydrolysis) is 1. The molecule has 0 unspecified atom stereocenters. The Morgan fingerprint density at radius 2 is 2.62 bits per heavy atom. The normalized spacial score (nSPS) is 38.2. The molecule has 2 heterocycles. The van der Waals surface area contributed by atoms with Gasteiger partial charge >= 0.3 is 6.09 Å². The van der Waals surface area contributed by atoms with Crippen molar-refractivity contribution in [2.24, 2.45) is 0 Å². The topological polar surface area (TPSA) is 57.4 Å². The predicted octanol–water partition coefficient (Wildman–Crippen LogP) is 1.92. The number of amides is 1. The van der Waals surface area contributed by atoms with Crippen LogP contribution in [0.1, 0.15) is 31.7 Å². The molecule has 5 heteroatoms. The highest BCUT2D eigenvalue weighted by Crippen LogP contribution is 2.21. The lowest BCUT2D eigenvalue weighted by Gasteiger charge is -2.09. The predicted molar refractivity (Wildman–Crippen MR) is 82.5 cm³/mol. The zero-order valence-corrected chi connectivity index (χ0v) is 10.6. The van der Waals surface area contributed by atoms with Crippen LogP contribution in [0.4, 0.5) is 4.79 Å². The lowest BCUT2D eigenvalue weighted by Crippen LogP contribution is -2.28. The number of aromatic amines is 1. The van der Waals surface area contributed by atoms with E-state index in [0.717, 1.165) is 0 Å². The van der Waals surface area contributed by atoms with Crippen molar-refractivity contribution in [3.05, 3.63) is 35.4 Å². The van der Waals surface area contributed by atoms with E-state index in [1.807, 2.05) is 0 Å². The van der Waals surface area contributed by atoms with Crippen LogP contribution in [0, 0.1) is 0 Å². The number of carbonyl (C=O) groups excluding carboxylic acids is 1. The number of benzene rings is 1. The number of H-pyrrole nitrogens is 1. The molecule has 1 amide bonds. The maximum Gasteiger partial charge on any atom is 0.407 e. The summed E-state index contributed by atoms with van der Waals surface area (Å²) in [6.07, 6.45) is -6.61. The van der Waals surface area contributed by atoms with Crippen LogP contribution in [0.15, 0.2) is 24.3 Å². The first kappa shape index (κ1) is 4.26. The Bertz CT molecular complexity index is 1290. The molecule has 0 radical (unpaired) electrons. The molecule has 112 valence electrons. The highest BCUT2D eigenvalue weighted by molar-refractivity contribution is 5.84. The van der Waals surface area contributed by atoms with Gasteiger partial charge in [0.25, 0.3) is 0 Å². The van der Waals surface area contributed by atoms with Crippen molar-refractivity contribution in [2.75, 3.05) is 27.1 Å². The Balaban J connectivity index is 2.31. The summed E-state index contributed by atoms with van der Waals surface area (Å²) < 4.78 is 140. The van der Waals surface area contributed by atoms with Crippen LogP contribution in [-0.2, 0) is 17.5 Å². The number of hydrogen-bond donors (Lipinski definition) is 2. The van der Waals surface area contributed by atoms with Crippen LogP contribution in [0.25, 0.3) is 10.9 Å². The number of likely N-dealkylation sites (N-methyl/N-ethyl adjacent to an activating group) is 1. The maximum absolute atomic E-state index is 11.8. The summed E-state index contributed by atoms with van der Waals surface area (Å²) in [6, 6.07) is -5.39. The third kappa shape index (κ3) is 3.19. The number of fused-ring (bicyclic) bond motifs is 1. The fourth-order valence-electron chi connectivity index (χ4n) is 1.75. The highest BCUT2D eigenvalue weighted by atomic mass is 16.6. The highest BCUT2D eigenvalue weighted by Gasteiger charge is 2.22. The maximum atomic E-state index is 11.8. The van der Waals surface area contributed by atoms with Crippen molar-refractivity contribution in [2.45, 2.75) is 18.8 Å². The van der Waals surface area contributed by atoms with Crippen LogP contribution in [-0.4, -0.2) is 49.0 Å². The van der Waals surface area contributed by atoms with Crippen molar-refractivity contribution in [1.82, 2.24) is 15.2 Å². The Morgan fingerprint density at radius 1 is 1.71 bits per heavy atom. The molecule has 5 nitrogen and oxygen atoms in total. The van der Waals surface area contributed by atoms with Crippen molar-refractivity contribution >= 4 is 17.0 Å². The van der Waals surface area contributed by atoms with Gasteiger partial charge in [-0.05, 0) is 50.0 Å². The van der Waals surface area contributed by atoms with Gasteiger partial charge in [-0.2, -0.15) is 0 Å². The lowest BCUT2D eigenvalue weighted by atomic mass is 10.0. The van der Waals surface area contributed by atoms with E-state index >= 15 is 0 Å². The molecule has 1 aromatic heterocycles. The third-order valence-corrected chi connectivity index (χ3v) is 2.61. The second-order valence-corrected chi connectivity index (χ2v) is 4.14. The van der Waals surface area contributed by atoms with Crippen LogP contribution < -0.4 is 5.31 Å². The molecule has 1 fully saturated rings. The minimum absolute atomic E-state index is 0.121. The van der Waals surface area contributed by atoms with Gasteiger partial charge in [0.2, 0.25) is 0 Å². The summed E-state index contributed by atoms with van der Waals surface area (Å²) in [5.41, 5.74) is -2.09. The second kappa shape index (κ2) is 5.77. The summed E-state index contributed by atoms with van der Waals surface area (Å²) in [7, 11) is 0. The van der Waals surface area contributed by atoms with E-state index in [1.54, 1.807) is 0 Å². The summed E-state index contributed by atoms with van der Waals surface area (Å²) in [5.74, 6) is 0. The largest absolute Gasteiger partial charge is 0.447 e. The Morgan fingerprint density at radius 3 is 3.38 bits per heavy atom. The Hall–Kier alpha value is -2.01. The minimum Gasteiger partial charge on any atom is -0.447 e. The first-order valence-corrected chi connectivity index (χ1v) is 5.83. The molecule has 0 bridgehead atoms. The van der Waals surface area contributed by atoms with Gasteiger partial charge in [-0.25, -0.2) is 4.79 Å². The molecule has 1 aliphatic rings. The molecule has 0 spiro atoms. The van der Waals surface area contributed by atoms with E-state index in [2.05, 4.69) is 4.74 Å². The van der Waals surface area contributed by atoms with Gasteiger partial charge in [-0.1, -0.05) is 6.04 Å². The molecule has 2 N–H and O–H groups in total. The van der Waals surface area contributed by atoms with Gasteiger partial charge in [0.05, 0.1) is 15.6 Å². The Labute approximate surface area is 148 Å². The smallest absolute Gasteiger partial charge is 0.407 e. The van der Waals surface area contributed by atoms with Crippen molar-refractivity contribution < 1.29 is 32.9 Å². The van der Waals surface area contributed by atoms with Crippen LogP contribution in [0.3, 0.4) is 0 Å². The van der Waals surface area contributed by atoms with Gasteiger partial charge in [-0.3, -0.25) is 0 Å². The van der Waals surface area contributed by atoms with Crippen molar-refractivity contribution in [3.63, 3.8) is 0 Å². The molecule has 1 saturated heterocycles. The number of carbonyl (C=O) groups is 1. The van der Waals surface area contributed by atoms with Crippen LogP contribution >= 0.6 is 0 Å². The molecule has 3 rings (SSSR count). The van der Waals surface area contributed by atoms with Crippen LogP contribution in [0.5, 0.6) is 0 Å². The molecule has 1 atom stereocenters. The molecular formula is C16H21N3O2. The second-order valence-electron chi connectivity index (χ2n) is 4.14. The van der Waals surface area contributed by atoms with Gasteiger partial charge in [0.1, 0.15) is 6.56 Å². The van der Waals surface area contributed by atoms with Gasteiger partial charge in [0, 0.05) is 34.6 Å². The third-order valence-electron chi connectivity index (χ3n) is 2.61. The molecule has 2 aromatic rings. The molecular weight excluding hydrogens is 266 g/mol. The summed E-state index contributed by atoms with van der Waals surface area (Å²) in [5, 5.41) is -0.802. The fraction of sp³-hybridized carbons (Fsp3) is 0.438. The zero-order valence-electron chi connectivity index (χ0n) is 27.6. The monoisotopic (exact) mass is 304 g/mol. The first-order valence-electron chi connectivity index (χ1n) is 14.2. The molecule has 1 aliphatic heterocycles. The van der Waals surface area contributed by atoms with Gasteiger partial charge < -0.3 is 19.9 Å². The van der Waals surface area contributed by atoms with E-state index in [0.29, 0.717) is 0 Å². The summed E-state index contributed by atoms with van der Waals surface area (Å²) in [4.78, 5) is 11.9. The molecule has 1 aromatic carbocycles.